The molecule has 4 heteroatoms. The summed E-state index contributed by atoms with van der Waals surface area (Å²) in [4.78, 5) is 22.9. The lowest BCUT2D eigenvalue weighted by atomic mass is 9.81. The minimum Gasteiger partial charge on any atom is -0.296 e. The summed E-state index contributed by atoms with van der Waals surface area (Å²) in [6, 6.07) is 4.77. The number of amides is 2. The van der Waals surface area contributed by atoms with Gasteiger partial charge in [0.1, 0.15) is 5.82 Å². The molecule has 1 fully saturated rings. The Balaban J connectivity index is 2.40. The molecule has 1 N–H and O–H groups in total. The summed E-state index contributed by atoms with van der Waals surface area (Å²) in [7, 11) is 0. The molecule has 3 nitrogen and oxygen atoms in total. The molecule has 0 saturated carbocycles. The van der Waals surface area contributed by atoms with Crippen molar-refractivity contribution in [3.63, 3.8) is 0 Å². The van der Waals surface area contributed by atoms with E-state index in [2.05, 4.69) is 5.32 Å². The molecule has 2 atom stereocenters. The van der Waals surface area contributed by atoms with Crippen LogP contribution in [0.2, 0.25) is 0 Å². The fourth-order valence-electron chi connectivity index (χ4n) is 2.19. The van der Waals surface area contributed by atoms with Gasteiger partial charge in [-0.05, 0) is 18.6 Å². The molecule has 2 amide bonds. The highest BCUT2D eigenvalue weighted by atomic mass is 19.1. The molecule has 0 bridgehead atoms. The first-order chi connectivity index (χ1) is 7.99. The fraction of sp³-hybridized carbons (Fsp3) is 0.385. The number of rotatable bonds is 1. The van der Waals surface area contributed by atoms with E-state index in [1.54, 1.807) is 19.1 Å². The van der Waals surface area contributed by atoms with Gasteiger partial charge in [0.25, 0.3) is 0 Å². The molecule has 0 aliphatic carbocycles. The van der Waals surface area contributed by atoms with Gasteiger partial charge in [0.2, 0.25) is 11.8 Å². The Kier molecular flexibility index (Phi) is 2.96. The average molecular weight is 235 g/mol. The van der Waals surface area contributed by atoms with Crippen LogP contribution in [-0.2, 0) is 9.59 Å². The molecule has 1 aromatic carbocycles. The van der Waals surface area contributed by atoms with E-state index >= 15 is 0 Å². The zero-order chi connectivity index (χ0) is 12.6. The van der Waals surface area contributed by atoms with E-state index in [0.717, 1.165) is 5.56 Å². The number of halogens is 1. The zero-order valence-corrected chi connectivity index (χ0v) is 9.79. The van der Waals surface area contributed by atoms with E-state index < -0.39 is 0 Å². The topological polar surface area (TPSA) is 46.2 Å². The third-order valence-corrected chi connectivity index (χ3v) is 3.24. The van der Waals surface area contributed by atoms with Gasteiger partial charge >= 0.3 is 0 Å². The number of benzene rings is 1. The SMILES string of the molecule is Cc1ccc(F)c(C2CC(=O)NC(=O)C2C)c1. The van der Waals surface area contributed by atoms with Gasteiger partial charge in [0.05, 0.1) is 0 Å². The van der Waals surface area contributed by atoms with Crippen molar-refractivity contribution in [1.82, 2.24) is 5.32 Å². The van der Waals surface area contributed by atoms with Crippen molar-refractivity contribution in [2.75, 3.05) is 0 Å². The maximum atomic E-state index is 13.7. The molecule has 0 radical (unpaired) electrons. The van der Waals surface area contributed by atoms with Crippen molar-refractivity contribution in [3.05, 3.63) is 35.1 Å². The van der Waals surface area contributed by atoms with Crippen LogP contribution in [0.5, 0.6) is 0 Å². The van der Waals surface area contributed by atoms with Crippen LogP contribution in [0.15, 0.2) is 18.2 Å². The van der Waals surface area contributed by atoms with Crippen LogP contribution in [0.3, 0.4) is 0 Å². The summed E-state index contributed by atoms with van der Waals surface area (Å²) in [5.74, 6) is -1.76. The predicted molar refractivity (Wildman–Crippen MR) is 60.8 cm³/mol. The maximum absolute atomic E-state index is 13.7. The lowest BCUT2D eigenvalue weighted by Crippen LogP contribution is -2.43. The van der Waals surface area contributed by atoms with E-state index in [-0.39, 0.29) is 35.9 Å². The maximum Gasteiger partial charge on any atom is 0.230 e. The third kappa shape index (κ3) is 2.20. The van der Waals surface area contributed by atoms with Gasteiger partial charge in [-0.2, -0.15) is 0 Å². The molecule has 1 saturated heterocycles. The second-order valence-electron chi connectivity index (χ2n) is 4.54. The summed E-state index contributed by atoms with van der Waals surface area (Å²) in [6.45, 7) is 3.58. The van der Waals surface area contributed by atoms with Crippen molar-refractivity contribution in [1.29, 1.82) is 0 Å². The van der Waals surface area contributed by atoms with Crippen LogP contribution in [0.1, 0.15) is 30.4 Å². The zero-order valence-electron chi connectivity index (χ0n) is 9.79. The smallest absolute Gasteiger partial charge is 0.230 e. The molecule has 2 unspecified atom stereocenters. The Labute approximate surface area is 99.0 Å². The standard InChI is InChI=1S/C13H14FNO2/c1-7-3-4-11(14)10(5-7)9-6-12(16)15-13(17)8(9)2/h3-5,8-9H,6H2,1-2H3,(H,15,16,17). The molecule has 0 spiro atoms. The molecule has 0 aromatic heterocycles. The first-order valence-corrected chi connectivity index (χ1v) is 5.59. The molecule has 17 heavy (non-hydrogen) atoms. The van der Waals surface area contributed by atoms with Gasteiger partial charge in [-0.3, -0.25) is 14.9 Å². The highest BCUT2D eigenvalue weighted by molar-refractivity contribution is 5.99. The Hall–Kier alpha value is -1.71. The highest BCUT2D eigenvalue weighted by Gasteiger charge is 2.34. The number of nitrogens with one attached hydrogen (secondary N) is 1. The number of piperidine rings is 1. The van der Waals surface area contributed by atoms with Gasteiger partial charge in [-0.15, -0.1) is 0 Å². The Morgan fingerprint density at radius 2 is 2.06 bits per heavy atom. The summed E-state index contributed by atoms with van der Waals surface area (Å²) < 4.78 is 13.7. The van der Waals surface area contributed by atoms with E-state index in [1.165, 1.54) is 6.07 Å². The molecule has 1 aliphatic rings. The quantitative estimate of drug-likeness (QED) is 0.756. The minimum absolute atomic E-state index is 0.160. The lowest BCUT2D eigenvalue weighted by Gasteiger charge is -2.28. The second kappa shape index (κ2) is 4.28. The summed E-state index contributed by atoms with van der Waals surface area (Å²) in [5.41, 5.74) is 1.38. The predicted octanol–water partition coefficient (Wildman–Crippen LogP) is 1.90. The Morgan fingerprint density at radius 1 is 1.35 bits per heavy atom. The average Bonchev–Trinajstić information content (AvgIpc) is 2.27. The van der Waals surface area contributed by atoms with Crippen molar-refractivity contribution < 1.29 is 14.0 Å². The van der Waals surface area contributed by atoms with Gasteiger partial charge in [0, 0.05) is 18.3 Å². The Bertz CT molecular complexity index is 484. The van der Waals surface area contributed by atoms with Crippen LogP contribution >= 0.6 is 0 Å². The summed E-state index contributed by atoms with van der Waals surface area (Å²) in [5, 5.41) is 2.26. The number of hydrogen-bond donors (Lipinski definition) is 1. The van der Waals surface area contributed by atoms with Crippen LogP contribution in [0.4, 0.5) is 4.39 Å². The molecule has 90 valence electrons. The van der Waals surface area contributed by atoms with Crippen LogP contribution in [-0.4, -0.2) is 11.8 Å². The van der Waals surface area contributed by atoms with Gasteiger partial charge in [-0.25, -0.2) is 4.39 Å². The molecular formula is C13H14FNO2. The van der Waals surface area contributed by atoms with Crippen molar-refractivity contribution in [2.45, 2.75) is 26.2 Å². The van der Waals surface area contributed by atoms with Crippen LogP contribution in [0.25, 0.3) is 0 Å². The molecule has 2 rings (SSSR count). The van der Waals surface area contributed by atoms with Crippen molar-refractivity contribution in [2.24, 2.45) is 5.92 Å². The molecule has 1 heterocycles. The summed E-state index contributed by atoms with van der Waals surface area (Å²) >= 11 is 0. The van der Waals surface area contributed by atoms with E-state index in [9.17, 15) is 14.0 Å². The number of carbonyl (C=O) groups is 2. The number of hydrogen-bond acceptors (Lipinski definition) is 2. The van der Waals surface area contributed by atoms with E-state index in [0.29, 0.717) is 5.56 Å². The van der Waals surface area contributed by atoms with E-state index in [1.807, 2.05) is 6.92 Å². The largest absolute Gasteiger partial charge is 0.296 e. The van der Waals surface area contributed by atoms with E-state index in [4.69, 9.17) is 0 Å². The lowest BCUT2D eigenvalue weighted by molar-refractivity contribution is -0.136. The Morgan fingerprint density at radius 3 is 2.76 bits per heavy atom. The molecule has 1 aromatic rings. The fourth-order valence-corrected chi connectivity index (χ4v) is 2.19. The van der Waals surface area contributed by atoms with Crippen LogP contribution in [0, 0.1) is 18.7 Å². The van der Waals surface area contributed by atoms with Gasteiger partial charge in [0.15, 0.2) is 0 Å². The summed E-state index contributed by atoms with van der Waals surface area (Å²) in [6.07, 6.45) is 0.160. The number of imide groups is 1. The number of aryl methyl sites for hydroxylation is 1. The third-order valence-electron chi connectivity index (χ3n) is 3.24. The normalized spacial score (nSPS) is 24.6. The molecular weight excluding hydrogens is 221 g/mol. The van der Waals surface area contributed by atoms with Gasteiger partial charge in [-0.1, -0.05) is 24.6 Å². The minimum atomic E-state index is -0.385. The van der Waals surface area contributed by atoms with Crippen molar-refractivity contribution >= 4 is 11.8 Å². The number of carbonyl (C=O) groups excluding carboxylic acids is 2. The van der Waals surface area contributed by atoms with Crippen molar-refractivity contribution in [3.8, 4) is 0 Å². The first kappa shape index (κ1) is 11.8. The monoisotopic (exact) mass is 235 g/mol. The first-order valence-electron chi connectivity index (χ1n) is 5.59. The van der Waals surface area contributed by atoms with Crippen LogP contribution < -0.4 is 5.32 Å². The second-order valence-corrected chi connectivity index (χ2v) is 4.54. The molecule has 1 aliphatic heterocycles. The van der Waals surface area contributed by atoms with Gasteiger partial charge < -0.3 is 0 Å². The highest BCUT2D eigenvalue weighted by Crippen LogP contribution is 2.33.